The summed E-state index contributed by atoms with van der Waals surface area (Å²) in [5, 5.41) is 0. The van der Waals surface area contributed by atoms with Gasteiger partial charge < -0.3 is 9.47 Å². The number of nitrogens with two attached hydrogens (primary N) is 1. The van der Waals surface area contributed by atoms with Crippen LogP contribution in [0.2, 0.25) is 0 Å². The standard InChI is InChI=1S/C16H26N2O2/c1-4-11-8-9-12(10-11)16(18-17)15-13(19-2)6-5-7-14(15)20-3/h5-7,11-12,16,18H,4,8-10,17H2,1-3H3. The lowest BCUT2D eigenvalue weighted by atomic mass is 9.89. The molecule has 1 aliphatic carbocycles. The predicted octanol–water partition coefficient (Wildman–Crippen LogP) is 3.03. The Morgan fingerprint density at radius 2 is 1.90 bits per heavy atom. The summed E-state index contributed by atoms with van der Waals surface area (Å²) in [5.41, 5.74) is 4.04. The van der Waals surface area contributed by atoms with Crippen LogP contribution >= 0.6 is 0 Å². The SMILES string of the molecule is CCC1CCC(C(NN)c2c(OC)cccc2OC)C1. The largest absolute Gasteiger partial charge is 0.496 e. The first-order chi connectivity index (χ1) is 9.74. The van der Waals surface area contributed by atoms with Crippen molar-refractivity contribution in [2.45, 2.75) is 38.6 Å². The van der Waals surface area contributed by atoms with Gasteiger partial charge in [-0.1, -0.05) is 25.8 Å². The summed E-state index contributed by atoms with van der Waals surface area (Å²) in [5.74, 6) is 8.89. The lowest BCUT2D eigenvalue weighted by Crippen LogP contribution is -2.33. The van der Waals surface area contributed by atoms with E-state index in [-0.39, 0.29) is 6.04 Å². The summed E-state index contributed by atoms with van der Waals surface area (Å²) in [4.78, 5) is 0. The van der Waals surface area contributed by atoms with Gasteiger partial charge in [-0.25, -0.2) is 0 Å². The van der Waals surface area contributed by atoms with Crippen LogP contribution in [0.1, 0.15) is 44.2 Å². The summed E-state index contributed by atoms with van der Waals surface area (Å²) in [6.45, 7) is 2.27. The van der Waals surface area contributed by atoms with Gasteiger partial charge in [-0.15, -0.1) is 0 Å². The topological polar surface area (TPSA) is 56.5 Å². The summed E-state index contributed by atoms with van der Waals surface area (Å²) in [6, 6.07) is 5.96. The molecule has 1 saturated carbocycles. The van der Waals surface area contributed by atoms with E-state index in [0.717, 1.165) is 23.0 Å². The second-order valence-corrected chi connectivity index (χ2v) is 5.57. The van der Waals surface area contributed by atoms with Gasteiger partial charge in [0.1, 0.15) is 11.5 Å². The first-order valence-corrected chi connectivity index (χ1v) is 7.42. The van der Waals surface area contributed by atoms with E-state index in [0.29, 0.717) is 5.92 Å². The highest BCUT2D eigenvalue weighted by molar-refractivity contribution is 5.47. The molecule has 0 aromatic heterocycles. The van der Waals surface area contributed by atoms with Crippen molar-refractivity contribution in [1.29, 1.82) is 0 Å². The highest BCUT2D eigenvalue weighted by Crippen LogP contribution is 2.45. The number of nitrogens with one attached hydrogen (secondary N) is 1. The van der Waals surface area contributed by atoms with Crippen molar-refractivity contribution in [2.75, 3.05) is 14.2 Å². The van der Waals surface area contributed by atoms with Gasteiger partial charge in [0.05, 0.1) is 25.8 Å². The summed E-state index contributed by atoms with van der Waals surface area (Å²) < 4.78 is 11.0. The molecule has 0 aliphatic heterocycles. The molecule has 3 atom stereocenters. The highest BCUT2D eigenvalue weighted by atomic mass is 16.5. The third-order valence-electron chi connectivity index (χ3n) is 4.59. The van der Waals surface area contributed by atoms with E-state index in [9.17, 15) is 0 Å². The first-order valence-electron chi connectivity index (χ1n) is 7.42. The molecule has 3 unspecified atom stereocenters. The number of benzene rings is 1. The zero-order chi connectivity index (χ0) is 14.5. The smallest absolute Gasteiger partial charge is 0.127 e. The van der Waals surface area contributed by atoms with Crippen LogP contribution in [0.15, 0.2) is 18.2 Å². The molecule has 0 heterocycles. The Kier molecular flexibility index (Phi) is 5.26. The zero-order valence-corrected chi connectivity index (χ0v) is 12.7. The fourth-order valence-corrected chi connectivity index (χ4v) is 3.43. The maximum absolute atomic E-state index is 5.86. The Hall–Kier alpha value is -1.26. The molecule has 0 saturated heterocycles. The van der Waals surface area contributed by atoms with Crippen LogP contribution in [0.25, 0.3) is 0 Å². The van der Waals surface area contributed by atoms with Gasteiger partial charge in [0.25, 0.3) is 0 Å². The van der Waals surface area contributed by atoms with E-state index >= 15 is 0 Å². The monoisotopic (exact) mass is 278 g/mol. The van der Waals surface area contributed by atoms with Gasteiger partial charge in [0.15, 0.2) is 0 Å². The predicted molar refractivity (Wildman–Crippen MR) is 80.7 cm³/mol. The number of hydrogen-bond acceptors (Lipinski definition) is 4. The van der Waals surface area contributed by atoms with E-state index in [4.69, 9.17) is 15.3 Å². The molecule has 2 rings (SSSR count). The molecule has 0 amide bonds. The van der Waals surface area contributed by atoms with Crippen molar-refractivity contribution in [3.8, 4) is 11.5 Å². The van der Waals surface area contributed by atoms with E-state index in [1.807, 2.05) is 18.2 Å². The quantitative estimate of drug-likeness (QED) is 0.620. The average Bonchev–Trinajstić information content (AvgIpc) is 2.97. The van der Waals surface area contributed by atoms with Gasteiger partial charge in [-0.05, 0) is 36.8 Å². The van der Waals surface area contributed by atoms with Gasteiger partial charge in [-0.3, -0.25) is 11.3 Å². The number of rotatable bonds is 6. The molecule has 0 spiro atoms. The summed E-state index contributed by atoms with van der Waals surface area (Å²) in [6.07, 6.45) is 4.95. The molecule has 0 radical (unpaired) electrons. The molecule has 0 bridgehead atoms. The van der Waals surface area contributed by atoms with Crippen molar-refractivity contribution in [1.82, 2.24) is 5.43 Å². The van der Waals surface area contributed by atoms with Crippen molar-refractivity contribution in [3.63, 3.8) is 0 Å². The van der Waals surface area contributed by atoms with Crippen LogP contribution < -0.4 is 20.7 Å². The minimum absolute atomic E-state index is 0.0812. The number of hydrogen-bond donors (Lipinski definition) is 2. The molecule has 3 N–H and O–H groups in total. The van der Waals surface area contributed by atoms with Crippen molar-refractivity contribution < 1.29 is 9.47 Å². The lowest BCUT2D eigenvalue weighted by Gasteiger charge is -2.26. The highest BCUT2D eigenvalue weighted by Gasteiger charge is 2.33. The van der Waals surface area contributed by atoms with Gasteiger partial charge in [0, 0.05) is 0 Å². The molecular weight excluding hydrogens is 252 g/mol. The average molecular weight is 278 g/mol. The number of hydrazine groups is 1. The van der Waals surface area contributed by atoms with Gasteiger partial charge in [0.2, 0.25) is 0 Å². The third-order valence-corrected chi connectivity index (χ3v) is 4.59. The van der Waals surface area contributed by atoms with Crippen LogP contribution in [0, 0.1) is 11.8 Å². The minimum Gasteiger partial charge on any atom is -0.496 e. The van der Waals surface area contributed by atoms with Crippen molar-refractivity contribution >= 4 is 0 Å². The van der Waals surface area contributed by atoms with Crippen LogP contribution in [0.5, 0.6) is 11.5 Å². The lowest BCUT2D eigenvalue weighted by molar-refractivity contribution is 0.320. The molecule has 1 aromatic carbocycles. The van der Waals surface area contributed by atoms with Crippen LogP contribution in [0.3, 0.4) is 0 Å². The number of ether oxygens (including phenoxy) is 2. The Bertz CT molecular complexity index is 414. The Labute approximate surface area is 121 Å². The van der Waals surface area contributed by atoms with E-state index in [1.54, 1.807) is 14.2 Å². The Morgan fingerprint density at radius 3 is 2.35 bits per heavy atom. The van der Waals surface area contributed by atoms with Crippen LogP contribution in [-0.2, 0) is 0 Å². The van der Waals surface area contributed by atoms with Crippen LogP contribution in [-0.4, -0.2) is 14.2 Å². The molecule has 1 fully saturated rings. The van der Waals surface area contributed by atoms with E-state index < -0.39 is 0 Å². The van der Waals surface area contributed by atoms with Crippen molar-refractivity contribution in [3.05, 3.63) is 23.8 Å². The minimum atomic E-state index is 0.0812. The maximum atomic E-state index is 5.86. The first kappa shape index (κ1) is 15.1. The van der Waals surface area contributed by atoms with Gasteiger partial charge >= 0.3 is 0 Å². The summed E-state index contributed by atoms with van der Waals surface area (Å²) in [7, 11) is 3.38. The second kappa shape index (κ2) is 6.95. The normalized spacial score (nSPS) is 23.6. The van der Waals surface area contributed by atoms with E-state index in [1.165, 1.54) is 25.7 Å². The summed E-state index contributed by atoms with van der Waals surface area (Å²) >= 11 is 0. The fraction of sp³-hybridized carbons (Fsp3) is 0.625. The van der Waals surface area contributed by atoms with Crippen molar-refractivity contribution in [2.24, 2.45) is 17.7 Å². The molecule has 112 valence electrons. The molecule has 4 nitrogen and oxygen atoms in total. The van der Waals surface area contributed by atoms with Crippen LogP contribution in [0.4, 0.5) is 0 Å². The molecule has 1 aliphatic rings. The fourth-order valence-electron chi connectivity index (χ4n) is 3.43. The molecule has 20 heavy (non-hydrogen) atoms. The third kappa shape index (κ3) is 2.91. The Morgan fingerprint density at radius 1 is 1.25 bits per heavy atom. The zero-order valence-electron chi connectivity index (χ0n) is 12.7. The Balaban J connectivity index is 2.31. The van der Waals surface area contributed by atoms with E-state index in [2.05, 4.69) is 12.3 Å². The molecule has 1 aromatic rings. The number of methoxy groups -OCH3 is 2. The molecular formula is C16H26N2O2. The van der Waals surface area contributed by atoms with Gasteiger partial charge in [-0.2, -0.15) is 0 Å². The maximum Gasteiger partial charge on any atom is 0.127 e. The second-order valence-electron chi connectivity index (χ2n) is 5.57. The molecule has 4 heteroatoms.